The Balaban J connectivity index is 1.59. The highest BCUT2D eigenvalue weighted by atomic mass is 79.9. The Morgan fingerprint density at radius 2 is 1.88 bits per heavy atom. The van der Waals surface area contributed by atoms with Crippen molar-refractivity contribution in [2.45, 2.75) is 6.42 Å². The number of amides is 1. The van der Waals surface area contributed by atoms with Gasteiger partial charge >= 0.3 is 0 Å². The molecule has 7 heteroatoms. The molecule has 3 rings (SSSR count). The Labute approximate surface area is 146 Å². The zero-order chi connectivity index (χ0) is 16.9. The largest absolute Gasteiger partial charge is 0.421 e. The van der Waals surface area contributed by atoms with Gasteiger partial charge in [-0.1, -0.05) is 24.3 Å². The fraction of sp³-hybridized carbons (Fsp3) is 0.118. The molecule has 0 aliphatic carbocycles. The van der Waals surface area contributed by atoms with Gasteiger partial charge in [0.1, 0.15) is 5.82 Å². The lowest BCUT2D eigenvalue weighted by Crippen LogP contribution is -2.26. The highest BCUT2D eigenvalue weighted by molar-refractivity contribution is 9.10. The second kappa shape index (κ2) is 7.35. The Morgan fingerprint density at radius 3 is 2.67 bits per heavy atom. The molecule has 0 bridgehead atoms. The van der Waals surface area contributed by atoms with E-state index in [2.05, 4.69) is 31.4 Å². The van der Waals surface area contributed by atoms with Gasteiger partial charge < -0.3 is 9.73 Å². The van der Waals surface area contributed by atoms with E-state index in [1.807, 2.05) is 6.07 Å². The molecule has 3 aromatic rings. The van der Waals surface area contributed by atoms with Gasteiger partial charge in [0.25, 0.3) is 11.8 Å². The maximum atomic E-state index is 13.7. The van der Waals surface area contributed by atoms with Crippen LogP contribution in [-0.4, -0.2) is 22.6 Å². The van der Waals surface area contributed by atoms with E-state index in [-0.39, 0.29) is 17.4 Å². The summed E-state index contributed by atoms with van der Waals surface area (Å²) in [5.74, 6) is -0.160. The second-order valence-corrected chi connectivity index (χ2v) is 5.82. The fourth-order valence-corrected chi connectivity index (χ4v) is 2.59. The average molecular weight is 390 g/mol. The minimum absolute atomic E-state index is 0.125. The minimum Gasteiger partial charge on any atom is -0.421 e. The number of halogens is 2. The van der Waals surface area contributed by atoms with Gasteiger partial charge in [-0.25, -0.2) is 4.39 Å². The van der Waals surface area contributed by atoms with Crippen LogP contribution in [0.5, 0.6) is 0 Å². The first-order valence-electron chi connectivity index (χ1n) is 7.25. The number of nitrogens with one attached hydrogen (secondary N) is 1. The van der Waals surface area contributed by atoms with Crippen LogP contribution < -0.4 is 5.32 Å². The lowest BCUT2D eigenvalue weighted by molar-refractivity contribution is 0.0953. The van der Waals surface area contributed by atoms with Gasteiger partial charge in [-0.3, -0.25) is 4.79 Å². The zero-order valence-corrected chi connectivity index (χ0v) is 14.1. The van der Waals surface area contributed by atoms with E-state index in [1.165, 1.54) is 6.07 Å². The molecule has 0 saturated carbocycles. The third-order valence-electron chi connectivity index (χ3n) is 3.31. The van der Waals surface area contributed by atoms with Gasteiger partial charge in [0, 0.05) is 17.4 Å². The van der Waals surface area contributed by atoms with E-state index in [0.717, 1.165) is 4.47 Å². The van der Waals surface area contributed by atoms with E-state index in [0.29, 0.717) is 24.4 Å². The van der Waals surface area contributed by atoms with Gasteiger partial charge in [0.05, 0.1) is 11.1 Å². The summed E-state index contributed by atoms with van der Waals surface area (Å²) in [6, 6.07) is 13.3. The lowest BCUT2D eigenvalue weighted by atomic mass is 10.2. The SMILES string of the molecule is O=C(NCCc1nnc(-c2ccccc2F)o1)c1ccccc1Br. The summed E-state index contributed by atoms with van der Waals surface area (Å²) in [5.41, 5.74) is 0.809. The van der Waals surface area contributed by atoms with Crippen LogP contribution in [0.25, 0.3) is 11.5 Å². The van der Waals surface area contributed by atoms with Crippen LogP contribution >= 0.6 is 15.9 Å². The van der Waals surface area contributed by atoms with E-state index in [4.69, 9.17) is 4.42 Å². The zero-order valence-electron chi connectivity index (χ0n) is 12.5. The Bertz CT molecular complexity index is 866. The number of carbonyl (C=O) groups excluding carboxylic acids is 1. The summed E-state index contributed by atoms with van der Waals surface area (Å²) in [5, 5.41) is 10.5. The van der Waals surface area contributed by atoms with Gasteiger partial charge in [-0.15, -0.1) is 10.2 Å². The van der Waals surface area contributed by atoms with Crippen LogP contribution in [0.3, 0.4) is 0 Å². The van der Waals surface area contributed by atoms with Crippen LogP contribution in [0.4, 0.5) is 4.39 Å². The molecule has 0 radical (unpaired) electrons. The van der Waals surface area contributed by atoms with Crippen molar-refractivity contribution in [3.8, 4) is 11.5 Å². The first kappa shape index (κ1) is 16.3. The van der Waals surface area contributed by atoms with E-state index >= 15 is 0 Å². The third-order valence-corrected chi connectivity index (χ3v) is 4.01. The highest BCUT2D eigenvalue weighted by Gasteiger charge is 2.13. The van der Waals surface area contributed by atoms with Crippen molar-refractivity contribution in [1.82, 2.24) is 15.5 Å². The predicted molar refractivity (Wildman–Crippen MR) is 89.9 cm³/mol. The van der Waals surface area contributed by atoms with Crippen molar-refractivity contribution < 1.29 is 13.6 Å². The lowest BCUT2D eigenvalue weighted by Gasteiger charge is -2.05. The summed E-state index contributed by atoms with van der Waals surface area (Å²) in [6.45, 7) is 0.332. The maximum absolute atomic E-state index is 13.7. The molecule has 0 aliphatic rings. The number of rotatable bonds is 5. The Kier molecular flexibility index (Phi) is 5.00. The Hall–Kier alpha value is -2.54. The van der Waals surface area contributed by atoms with E-state index < -0.39 is 5.82 Å². The monoisotopic (exact) mass is 389 g/mol. The minimum atomic E-state index is -0.421. The van der Waals surface area contributed by atoms with Crippen molar-refractivity contribution in [1.29, 1.82) is 0 Å². The van der Waals surface area contributed by atoms with Gasteiger partial charge in [0.15, 0.2) is 0 Å². The van der Waals surface area contributed by atoms with Crippen molar-refractivity contribution in [3.05, 3.63) is 70.3 Å². The molecule has 0 saturated heterocycles. The highest BCUT2D eigenvalue weighted by Crippen LogP contribution is 2.21. The molecule has 24 heavy (non-hydrogen) atoms. The van der Waals surface area contributed by atoms with Crippen LogP contribution in [0.1, 0.15) is 16.2 Å². The summed E-state index contributed by atoms with van der Waals surface area (Å²) >= 11 is 3.33. The molecular weight excluding hydrogens is 377 g/mol. The summed E-state index contributed by atoms with van der Waals surface area (Å²) in [6.07, 6.45) is 0.359. The quantitative estimate of drug-likeness (QED) is 0.723. The number of hydrogen-bond donors (Lipinski definition) is 1. The summed E-state index contributed by atoms with van der Waals surface area (Å²) in [7, 11) is 0. The number of benzene rings is 2. The molecule has 0 spiro atoms. The van der Waals surface area contributed by atoms with Crippen molar-refractivity contribution in [2.75, 3.05) is 6.54 Å². The molecule has 122 valence electrons. The number of hydrogen-bond acceptors (Lipinski definition) is 4. The first-order valence-corrected chi connectivity index (χ1v) is 8.04. The van der Waals surface area contributed by atoms with E-state index in [1.54, 1.807) is 36.4 Å². The van der Waals surface area contributed by atoms with Crippen molar-refractivity contribution in [3.63, 3.8) is 0 Å². The molecule has 1 amide bonds. The van der Waals surface area contributed by atoms with Crippen LogP contribution in [-0.2, 0) is 6.42 Å². The average Bonchev–Trinajstić information content (AvgIpc) is 3.04. The molecule has 0 fully saturated rings. The van der Waals surface area contributed by atoms with Gasteiger partial charge in [-0.05, 0) is 40.2 Å². The fourth-order valence-electron chi connectivity index (χ4n) is 2.12. The molecule has 1 N–H and O–H groups in total. The predicted octanol–water partition coefficient (Wildman–Crippen LogP) is 3.61. The molecule has 5 nitrogen and oxygen atoms in total. The van der Waals surface area contributed by atoms with Gasteiger partial charge in [0.2, 0.25) is 5.89 Å². The molecule has 2 aromatic carbocycles. The first-order chi connectivity index (χ1) is 11.6. The molecule has 0 atom stereocenters. The van der Waals surface area contributed by atoms with Crippen molar-refractivity contribution in [2.24, 2.45) is 0 Å². The smallest absolute Gasteiger partial charge is 0.252 e. The summed E-state index contributed by atoms with van der Waals surface area (Å²) in [4.78, 5) is 12.1. The number of carbonyl (C=O) groups is 1. The number of aromatic nitrogens is 2. The van der Waals surface area contributed by atoms with Crippen LogP contribution in [0.2, 0.25) is 0 Å². The van der Waals surface area contributed by atoms with Gasteiger partial charge in [-0.2, -0.15) is 0 Å². The van der Waals surface area contributed by atoms with Crippen LogP contribution in [0, 0.1) is 5.82 Å². The molecule has 1 aromatic heterocycles. The van der Waals surface area contributed by atoms with E-state index in [9.17, 15) is 9.18 Å². The topological polar surface area (TPSA) is 68.0 Å². The standard InChI is InChI=1S/C17H13BrFN3O2/c18-13-7-3-1-5-11(13)16(23)20-10-9-15-21-22-17(24-15)12-6-2-4-8-14(12)19/h1-8H,9-10H2,(H,20,23). The normalized spacial score (nSPS) is 10.6. The third kappa shape index (κ3) is 3.68. The number of nitrogens with zero attached hydrogens (tertiary/aromatic N) is 2. The summed E-state index contributed by atoms with van der Waals surface area (Å²) < 4.78 is 19.8. The molecular formula is C17H13BrFN3O2. The maximum Gasteiger partial charge on any atom is 0.252 e. The molecule has 0 unspecified atom stereocenters. The second-order valence-electron chi connectivity index (χ2n) is 4.97. The van der Waals surface area contributed by atoms with Crippen LogP contribution in [0.15, 0.2) is 57.4 Å². The molecule has 0 aliphatic heterocycles. The molecule has 1 heterocycles. The van der Waals surface area contributed by atoms with Crippen molar-refractivity contribution >= 4 is 21.8 Å². The Morgan fingerprint density at radius 1 is 1.12 bits per heavy atom.